The topological polar surface area (TPSA) is 54.5 Å². The van der Waals surface area contributed by atoms with Crippen LogP contribution in [-0.2, 0) is 9.84 Å². The highest BCUT2D eigenvalue weighted by Gasteiger charge is 2.29. The van der Waals surface area contributed by atoms with Gasteiger partial charge in [-0.2, -0.15) is 0 Å². The van der Waals surface area contributed by atoms with Crippen molar-refractivity contribution >= 4 is 31.6 Å². The van der Waals surface area contributed by atoms with Gasteiger partial charge in [-0.05, 0) is 13.0 Å². The largest absolute Gasteiger partial charge is 0.293 e. The quantitative estimate of drug-likeness (QED) is 0.783. The summed E-state index contributed by atoms with van der Waals surface area (Å²) in [7, 11) is -2.94. The third kappa shape index (κ3) is 3.64. The molecule has 0 saturated carbocycles. The summed E-state index contributed by atoms with van der Waals surface area (Å²) < 4.78 is 23.8. The average molecular weight is 346 g/mol. The number of ketones is 1. The van der Waals surface area contributed by atoms with Crippen LogP contribution in [0, 0.1) is 0 Å². The molecule has 0 amide bonds. The fourth-order valence-corrected chi connectivity index (χ4v) is 4.36. The van der Waals surface area contributed by atoms with Crippen LogP contribution in [0.2, 0.25) is 0 Å². The number of carbonyl (C=O) groups excluding carboxylic acids is 1. The zero-order valence-corrected chi connectivity index (χ0v) is 13.1. The molecule has 0 N–H and O–H groups in total. The zero-order valence-electron chi connectivity index (χ0n) is 10.7. The van der Waals surface area contributed by atoms with Gasteiger partial charge in [-0.1, -0.05) is 34.1 Å². The molecule has 0 bridgehead atoms. The fourth-order valence-electron chi connectivity index (χ4n) is 2.22. The number of nitrogens with zero attached hydrogens (tertiary/aromatic N) is 1. The first-order valence-corrected chi connectivity index (χ1v) is 8.73. The minimum Gasteiger partial charge on any atom is -0.293 e. The lowest BCUT2D eigenvalue weighted by Crippen LogP contribution is -2.48. The minimum atomic E-state index is -2.94. The molecule has 1 atom stereocenters. The molecule has 0 aromatic heterocycles. The lowest BCUT2D eigenvalue weighted by molar-refractivity contribution is 0.0908. The van der Waals surface area contributed by atoms with Gasteiger partial charge in [0, 0.05) is 22.6 Å². The van der Waals surface area contributed by atoms with Gasteiger partial charge < -0.3 is 0 Å². The Morgan fingerprint density at radius 2 is 2.11 bits per heavy atom. The number of rotatable bonds is 3. The van der Waals surface area contributed by atoms with Crippen molar-refractivity contribution in [3.8, 4) is 0 Å². The molecule has 1 aliphatic heterocycles. The van der Waals surface area contributed by atoms with E-state index in [0.717, 1.165) is 4.47 Å². The fraction of sp³-hybridized carbons (Fsp3) is 0.462. The van der Waals surface area contributed by atoms with Gasteiger partial charge in [0.05, 0.1) is 18.1 Å². The van der Waals surface area contributed by atoms with Crippen LogP contribution in [-0.4, -0.2) is 49.7 Å². The van der Waals surface area contributed by atoms with Crippen LogP contribution in [0.15, 0.2) is 28.7 Å². The molecule has 104 valence electrons. The van der Waals surface area contributed by atoms with E-state index in [4.69, 9.17) is 0 Å². The Bertz CT molecular complexity index is 585. The normalized spacial score (nSPS) is 23.2. The van der Waals surface area contributed by atoms with E-state index in [1.165, 1.54) is 0 Å². The number of halogens is 1. The van der Waals surface area contributed by atoms with Crippen LogP contribution in [0.4, 0.5) is 0 Å². The molecule has 1 unspecified atom stereocenters. The molecule has 1 aromatic carbocycles. The first kappa shape index (κ1) is 14.7. The summed E-state index contributed by atoms with van der Waals surface area (Å²) in [4.78, 5) is 14.2. The summed E-state index contributed by atoms with van der Waals surface area (Å²) in [6.07, 6.45) is 0. The highest BCUT2D eigenvalue weighted by atomic mass is 79.9. The Kier molecular flexibility index (Phi) is 4.43. The van der Waals surface area contributed by atoms with E-state index in [9.17, 15) is 13.2 Å². The summed E-state index contributed by atoms with van der Waals surface area (Å²) >= 11 is 3.36. The van der Waals surface area contributed by atoms with E-state index in [1.54, 1.807) is 6.07 Å². The monoisotopic (exact) mass is 345 g/mol. The van der Waals surface area contributed by atoms with E-state index in [-0.39, 0.29) is 29.9 Å². The van der Waals surface area contributed by atoms with Crippen LogP contribution in [0.5, 0.6) is 0 Å². The van der Waals surface area contributed by atoms with Crippen molar-refractivity contribution in [1.82, 2.24) is 4.90 Å². The van der Waals surface area contributed by atoms with Gasteiger partial charge >= 0.3 is 0 Å². The van der Waals surface area contributed by atoms with E-state index in [1.807, 2.05) is 30.0 Å². The van der Waals surface area contributed by atoms with Gasteiger partial charge in [0.25, 0.3) is 0 Å². The summed E-state index contributed by atoms with van der Waals surface area (Å²) in [5.41, 5.74) is 0.642. The van der Waals surface area contributed by atoms with Crippen LogP contribution in [0.3, 0.4) is 0 Å². The number of benzene rings is 1. The summed E-state index contributed by atoms with van der Waals surface area (Å²) in [5, 5.41) is 0. The summed E-state index contributed by atoms with van der Waals surface area (Å²) in [6.45, 7) is 2.54. The van der Waals surface area contributed by atoms with Gasteiger partial charge in [-0.25, -0.2) is 8.42 Å². The molecule has 1 heterocycles. The molecule has 0 aliphatic carbocycles. The van der Waals surface area contributed by atoms with Crippen LogP contribution < -0.4 is 0 Å². The number of hydrogen-bond donors (Lipinski definition) is 0. The third-order valence-electron chi connectivity index (χ3n) is 3.33. The molecule has 0 spiro atoms. The zero-order chi connectivity index (χ0) is 14.0. The van der Waals surface area contributed by atoms with Gasteiger partial charge in [-0.15, -0.1) is 0 Å². The van der Waals surface area contributed by atoms with Crippen molar-refractivity contribution in [2.45, 2.75) is 13.0 Å². The molecule has 4 nitrogen and oxygen atoms in total. The van der Waals surface area contributed by atoms with Crippen LogP contribution in [0.1, 0.15) is 17.3 Å². The van der Waals surface area contributed by atoms with Gasteiger partial charge in [0.1, 0.15) is 0 Å². The third-order valence-corrected chi connectivity index (χ3v) is 5.82. The second-order valence-corrected chi connectivity index (χ2v) is 7.92. The molecule has 1 fully saturated rings. The molecule has 1 aromatic rings. The molecule has 0 radical (unpaired) electrons. The Morgan fingerprint density at radius 1 is 1.42 bits per heavy atom. The lowest BCUT2D eigenvalue weighted by atomic mass is 10.1. The second-order valence-electron chi connectivity index (χ2n) is 4.84. The second kappa shape index (κ2) is 5.73. The SMILES string of the molecule is CC1CS(=O)(=O)CCN1CC(=O)c1ccccc1Br. The van der Waals surface area contributed by atoms with Gasteiger partial charge in [0.15, 0.2) is 15.6 Å². The molecule has 19 heavy (non-hydrogen) atoms. The predicted octanol–water partition coefficient (Wildman–Crippen LogP) is 1.75. The van der Waals surface area contributed by atoms with Crippen molar-refractivity contribution in [1.29, 1.82) is 0 Å². The molecule has 1 saturated heterocycles. The summed E-state index contributed by atoms with van der Waals surface area (Å²) in [5.74, 6) is 0.287. The summed E-state index contributed by atoms with van der Waals surface area (Å²) in [6, 6.07) is 7.18. The molecule has 2 rings (SSSR count). The molecular formula is C13H16BrNO3S. The molecule has 6 heteroatoms. The lowest BCUT2D eigenvalue weighted by Gasteiger charge is -2.32. The van der Waals surface area contributed by atoms with E-state index < -0.39 is 9.84 Å². The number of carbonyl (C=O) groups is 1. The maximum absolute atomic E-state index is 12.2. The Morgan fingerprint density at radius 3 is 2.74 bits per heavy atom. The smallest absolute Gasteiger partial charge is 0.177 e. The Hall–Kier alpha value is -0.720. The predicted molar refractivity (Wildman–Crippen MR) is 78.2 cm³/mol. The Labute approximate surface area is 121 Å². The maximum atomic E-state index is 12.2. The van der Waals surface area contributed by atoms with Crippen LogP contribution >= 0.6 is 15.9 Å². The standard InChI is InChI=1S/C13H16BrNO3S/c1-10-9-19(17,18)7-6-15(10)8-13(16)11-4-2-3-5-12(11)14/h2-5,10H,6-9H2,1H3. The molecule has 1 aliphatic rings. The van der Waals surface area contributed by atoms with Crippen molar-refractivity contribution in [2.24, 2.45) is 0 Å². The maximum Gasteiger partial charge on any atom is 0.177 e. The van der Waals surface area contributed by atoms with E-state index >= 15 is 0 Å². The first-order valence-electron chi connectivity index (χ1n) is 6.11. The average Bonchev–Trinajstić information content (AvgIpc) is 2.32. The highest BCUT2D eigenvalue weighted by molar-refractivity contribution is 9.10. The number of sulfone groups is 1. The van der Waals surface area contributed by atoms with Crippen molar-refractivity contribution in [3.05, 3.63) is 34.3 Å². The van der Waals surface area contributed by atoms with Gasteiger partial charge in [-0.3, -0.25) is 9.69 Å². The highest BCUT2D eigenvalue weighted by Crippen LogP contribution is 2.18. The number of hydrogen-bond acceptors (Lipinski definition) is 4. The minimum absolute atomic E-state index is 0.0126. The van der Waals surface area contributed by atoms with Crippen LogP contribution in [0.25, 0.3) is 0 Å². The van der Waals surface area contributed by atoms with Crippen molar-refractivity contribution in [3.63, 3.8) is 0 Å². The Balaban J connectivity index is 2.06. The molecular weight excluding hydrogens is 330 g/mol. The van der Waals surface area contributed by atoms with Crippen molar-refractivity contribution in [2.75, 3.05) is 24.6 Å². The first-order chi connectivity index (χ1) is 8.89. The van der Waals surface area contributed by atoms with E-state index in [2.05, 4.69) is 15.9 Å². The van der Waals surface area contributed by atoms with Crippen molar-refractivity contribution < 1.29 is 13.2 Å². The van der Waals surface area contributed by atoms with E-state index in [0.29, 0.717) is 12.1 Å². The number of Topliss-reactive ketones (excluding diaryl/α,β-unsaturated/α-hetero) is 1. The van der Waals surface area contributed by atoms with Gasteiger partial charge in [0.2, 0.25) is 0 Å².